The normalized spacial score (nSPS) is 23.7. The molecule has 1 N–H and O–H groups in total. The Labute approximate surface area is 157 Å². The lowest BCUT2D eigenvalue weighted by atomic mass is 9.89. The van der Waals surface area contributed by atoms with E-state index in [1.165, 1.54) is 31.5 Å². The molecule has 9 heteroatoms. The number of carbonyl (C=O) groups excluding carboxylic acids is 1. The first-order valence-electron chi connectivity index (χ1n) is 8.56. The molecular formula is C19H16F4N2O3. The van der Waals surface area contributed by atoms with E-state index in [9.17, 15) is 22.4 Å². The van der Waals surface area contributed by atoms with Gasteiger partial charge >= 0.3 is 6.18 Å². The van der Waals surface area contributed by atoms with Gasteiger partial charge in [0.2, 0.25) is 11.8 Å². The van der Waals surface area contributed by atoms with Crippen LogP contribution in [0.15, 0.2) is 36.5 Å². The number of hydrogen-bond acceptors (Lipinski definition) is 4. The van der Waals surface area contributed by atoms with Crippen LogP contribution in [0.3, 0.4) is 0 Å². The van der Waals surface area contributed by atoms with Gasteiger partial charge in [-0.05, 0) is 36.2 Å². The lowest BCUT2D eigenvalue weighted by Crippen LogP contribution is -2.45. The predicted molar refractivity (Wildman–Crippen MR) is 89.4 cm³/mol. The second-order valence-corrected chi connectivity index (χ2v) is 6.90. The highest BCUT2D eigenvalue weighted by atomic mass is 19.4. The summed E-state index contributed by atoms with van der Waals surface area (Å²) in [5.74, 6) is -1.34. The van der Waals surface area contributed by atoms with Crippen LogP contribution in [0.4, 0.5) is 17.6 Å². The molecule has 0 bridgehead atoms. The summed E-state index contributed by atoms with van der Waals surface area (Å²) in [7, 11) is 1.29. The van der Waals surface area contributed by atoms with Gasteiger partial charge in [-0.2, -0.15) is 13.2 Å². The smallest absolute Gasteiger partial charge is 0.412 e. The monoisotopic (exact) mass is 396 g/mol. The summed E-state index contributed by atoms with van der Waals surface area (Å²) in [4.78, 5) is 16.8. The number of nitrogens with zero attached hydrogens (tertiary/aromatic N) is 1. The number of nitrogens with one attached hydrogen (secondary N) is 1. The van der Waals surface area contributed by atoms with Crippen LogP contribution < -0.4 is 14.8 Å². The number of fused-ring (bicyclic) bond motifs is 3. The number of carbonyl (C=O) groups is 1. The van der Waals surface area contributed by atoms with Crippen molar-refractivity contribution in [2.24, 2.45) is 5.92 Å². The maximum absolute atomic E-state index is 13.7. The molecule has 148 valence electrons. The number of pyridine rings is 1. The fourth-order valence-corrected chi connectivity index (χ4v) is 3.76. The van der Waals surface area contributed by atoms with Crippen molar-refractivity contribution in [2.45, 2.75) is 24.1 Å². The Morgan fingerprint density at radius 3 is 2.86 bits per heavy atom. The number of amides is 1. The zero-order valence-electron chi connectivity index (χ0n) is 14.7. The standard InChI is InChI=1S/C19H16F4N2O3/c1-27-15-6-10(4-5-24-15)16(19(21,22)23)25-17(26)18-8-11(18)9-28-14-3-2-12(20)7-13(14)18/h2-7,11,16H,8-9H2,1H3,(H,25,26)/t11?,16-,18?/m1/s1. The van der Waals surface area contributed by atoms with Crippen molar-refractivity contribution in [1.82, 2.24) is 10.3 Å². The van der Waals surface area contributed by atoms with Crippen molar-refractivity contribution >= 4 is 5.91 Å². The van der Waals surface area contributed by atoms with Crippen LogP contribution in [0, 0.1) is 11.7 Å². The molecular weight excluding hydrogens is 380 g/mol. The van der Waals surface area contributed by atoms with E-state index in [1.54, 1.807) is 0 Å². The quantitative estimate of drug-likeness (QED) is 0.806. The van der Waals surface area contributed by atoms with E-state index >= 15 is 0 Å². The second-order valence-electron chi connectivity index (χ2n) is 6.90. The Hall–Kier alpha value is -2.84. The van der Waals surface area contributed by atoms with Crippen LogP contribution in [0.25, 0.3) is 0 Å². The third kappa shape index (κ3) is 2.94. The largest absolute Gasteiger partial charge is 0.493 e. The highest BCUT2D eigenvalue weighted by molar-refractivity contribution is 5.93. The summed E-state index contributed by atoms with van der Waals surface area (Å²) >= 11 is 0. The molecule has 1 aromatic heterocycles. The van der Waals surface area contributed by atoms with E-state index < -0.39 is 29.4 Å². The molecule has 1 amide bonds. The summed E-state index contributed by atoms with van der Waals surface area (Å²) in [6, 6.07) is 3.79. The van der Waals surface area contributed by atoms with E-state index in [0.29, 0.717) is 12.2 Å². The number of rotatable bonds is 4. The van der Waals surface area contributed by atoms with Gasteiger partial charge in [0, 0.05) is 23.7 Å². The molecule has 4 rings (SSSR count). The van der Waals surface area contributed by atoms with Crippen molar-refractivity contribution in [3.8, 4) is 11.6 Å². The van der Waals surface area contributed by atoms with Crippen molar-refractivity contribution in [1.29, 1.82) is 0 Å². The molecule has 2 aromatic rings. The van der Waals surface area contributed by atoms with Crippen LogP contribution in [0.5, 0.6) is 11.6 Å². The summed E-state index contributed by atoms with van der Waals surface area (Å²) in [6.07, 6.45) is -3.26. The van der Waals surface area contributed by atoms with Gasteiger partial charge in [0.05, 0.1) is 19.1 Å². The predicted octanol–water partition coefficient (Wildman–Crippen LogP) is 3.30. The van der Waals surface area contributed by atoms with Gasteiger partial charge < -0.3 is 14.8 Å². The number of benzene rings is 1. The van der Waals surface area contributed by atoms with E-state index in [1.807, 2.05) is 0 Å². The highest BCUT2D eigenvalue weighted by Crippen LogP contribution is 2.60. The van der Waals surface area contributed by atoms with Gasteiger partial charge in [0.1, 0.15) is 11.6 Å². The zero-order valence-corrected chi connectivity index (χ0v) is 14.7. The summed E-state index contributed by atoms with van der Waals surface area (Å²) < 4.78 is 65.2. The minimum absolute atomic E-state index is 0.00180. The summed E-state index contributed by atoms with van der Waals surface area (Å²) in [5.41, 5.74) is -1.13. The van der Waals surface area contributed by atoms with Crippen molar-refractivity contribution in [2.75, 3.05) is 13.7 Å². The van der Waals surface area contributed by atoms with Crippen LogP contribution in [-0.2, 0) is 10.2 Å². The molecule has 1 aromatic carbocycles. The number of ether oxygens (including phenoxy) is 2. The van der Waals surface area contributed by atoms with Crippen LogP contribution in [-0.4, -0.2) is 30.8 Å². The van der Waals surface area contributed by atoms with Gasteiger partial charge in [-0.1, -0.05) is 0 Å². The van der Waals surface area contributed by atoms with Gasteiger partial charge in [-0.15, -0.1) is 0 Å². The number of methoxy groups -OCH3 is 1. The molecule has 2 heterocycles. The maximum atomic E-state index is 13.7. The SMILES string of the molecule is COc1cc([C@@H](NC(=O)C23CC2COc2ccc(F)cc23)C(F)(F)F)ccn1. The molecule has 0 saturated heterocycles. The van der Waals surface area contributed by atoms with E-state index in [2.05, 4.69) is 10.3 Å². The molecule has 3 atom stereocenters. The third-order valence-corrected chi connectivity index (χ3v) is 5.28. The third-order valence-electron chi connectivity index (χ3n) is 5.28. The van der Waals surface area contributed by atoms with Crippen LogP contribution in [0.2, 0.25) is 0 Å². The average Bonchev–Trinajstić information content (AvgIpc) is 3.41. The van der Waals surface area contributed by atoms with E-state index in [0.717, 1.165) is 12.1 Å². The minimum atomic E-state index is -4.74. The molecule has 1 aliphatic heterocycles. The lowest BCUT2D eigenvalue weighted by Gasteiger charge is -2.29. The Balaban J connectivity index is 1.68. The van der Waals surface area contributed by atoms with Crippen LogP contribution in [0.1, 0.15) is 23.6 Å². The topological polar surface area (TPSA) is 60.5 Å². The fraction of sp³-hybridized carbons (Fsp3) is 0.368. The highest BCUT2D eigenvalue weighted by Gasteiger charge is 2.65. The first-order valence-corrected chi connectivity index (χ1v) is 8.56. The van der Waals surface area contributed by atoms with Crippen molar-refractivity contribution < 1.29 is 31.8 Å². The number of aromatic nitrogens is 1. The van der Waals surface area contributed by atoms with Gasteiger partial charge in [-0.25, -0.2) is 9.37 Å². The molecule has 0 radical (unpaired) electrons. The van der Waals surface area contributed by atoms with Crippen molar-refractivity contribution in [3.05, 3.63) is 53.5 Å². The van der Waals surface area contributed by atoms with Gasteiger partial charge in [0.25, 0.3) is 0 Å². The number of hydrogen-bond donors (Lipinski definition) is 1. The summed E-state index contributed by atoms with van der Waals surface area (Å²) in [6.45, 7) is 0.200. The molecule has 2 unspecified atom stereocenters. The number of alkyl halides is 3. The second kappa shape index (κ2) is 6.35. The molecule has 2 aliphatic rings. The molecule has 5 nitrogen and oxygen atoms in total. The molecule has 1 fully saturated rings. The molecule has 28 heavy (non-hydrogen) atoms. The Kier molecular flexibility index (Phi) is 4.20. The lowest BCUT2D eigenvalue weighted by molar-refractivity contribution is -0.164. The van der Waals surface area contributed by atoms with Crippen LogP contribution >= 0.6 is 0 Å². The van der Waals surface area contributed by atoms with Gasteiger partial charge in [-0.3, -0.25) is 4.79 Å². The summed E-state index contributed by atoms with van der Waals surface area (Å²) in [5, 5.41) is 2.11. The maximum Gasteiger partial charge on any atom is 0.412 e. The van der Waals surface area contributed by atoms with E-state index in [4.69, 9.17) is 9.47 Å². The Bertz CT molecular complexity index is 934. The van der Waals surface area contributed by atoms with E-state index in [-0.39, 0.29) is 29.5 Å². The average molecular weight is 396 g/mol. The molecule has 0 spiro atoms. The fourth-order valence-electron chi connectivity index (χ4n) is 3.76. The first-order chi connectivity index (χ1) is 13.3. The molecule has 1 aliphatic carbocycles. The van der Waals surface area contributed by atoms with Gasteiger partial charge in [0.15, 0.2) is 6.04 Å². The first kappa shape index (κ1) is 18.5. The molecule has 1 saturated carbocycles. The Morgan fingerprint density at radius 1 is 1.36 bits per heavy atom. The zero-order chi connectivity index (χ0) is 20.1. The van der Waals surface area contributed by atoms with Crippen molar-refractivity contribution in [3.63, 3.8) is 0 Å². The number of halogens is 4. The Morgan fingerprint density at radius 2 is 2.14 bits per heavy atom. The minimum Gasteiger partial charge on any atom is -0.493 e.